The van der Waals surface area contributed by atoms with Gasteiger partial charge >= 0.3 is 0 Å². The third kappa shape index (κ3) is 3.45. The average molecular weight is 312 g/mol. The number of rotatable bonds is 6. The van der Waals surface area contributed by atoms with Gasteiger partial charge in [0.15, 0.2) is 0 Å². The highest BCUT2D eigenvalue weighted by Gasteiger charge is 2.32. The number of hydrogen-bond acceptors (Lipinski definition) is 4. The Morgan fingerprint density at radius 2 is 2.00 bits per heavy atom. The summed E-state index contributed by atoms with van der Waals surface area (Å²) in [7, 11) is -3.56. The Balaban J connectivity index is 2.35. The molecule has 0 aromatic heterocycles. The van der Waals surface area contributed by atoms with Crippen LogP contribution in [0.1, 0.15) is 36.8 Å². The summed E-state index contributed by atoms with van der Waals surface area (Å²) in [6.45, 7) is 2.27. The number of aliphatic hydroxyl groups excluding tert-OH is 1. The van der Waals surface area contributed by atoms with Gasteiger partial charge < -0.3 is 10.8 Å². The second-order valence-corrected chi connectivity index (χ2v) is 7.46. The molecule has 118 valence electrons. The van der Waals surface area contributed by atoms with Crippen LogP contribution in [0.3, 0.4) is 0 Å². The summed E-state index contributed by atoms with van der Waals surface area (Å²) in [4.78, 5) is 0.289. The lowest BCUT2D eigenvalue weighted by atomic mass is 10.1. The number of sulfonamides is 1. The minimum absolute atomic E-state index is 0.0108. The zero-order valence-corrected chi connectivity index (χ0v) is 13.3. The highest BCUT2D eigenvalue weighted by Crippen LogP contribution is 2.29. The third-order valence-electron chi connectivity index (χ3n) is 4.19. The quantitative estimate of drug-likeness (QED) is 0.831. The van der Waals surface area contributed by atoms with Gasteiger partial charge in [0.2, 0.25) is 10.0 Å². The first-order chi connectivity index (χ1) is 10.0. The van der Waals surface area contributed by atoms with Crippen LogP contribution in [-0.4, -0.2) is 37.0 Å². The fraction of sp³-hybridized carbons (Fsp3) is 0.600. The first-order valence-corrected chi connectivity index (χ1v) is 8.87. The maximum Gasteiger partial charge on any atom is 0.243 e. The number of hydrogen-bond donors (Lipinski definition) is 2. The van der Waals surface area contributed by atoms with Crippen molar-refractivity contribution in [3.63, 3.8) is 0 Å². The molecule has 0 aliphatic heterocycles. The molecule has 1 saturated carbocycles. The van der Waals surface area contributed by atoms with Crippen molar-refractivity contribution in [2.45, 2.75) is 50.1 Å². The second-order valence-electron chi connectivity index (χ2n) is 5.57. The smallest absolute Gasteiger partial charge is 0.243 e. The molecular weight excluding hydrogens is 288 g/mol. The third-order valence-corrected chi connectivity index (χ3v) is 6.14. The molecule has 0 bridgehead atoms. The summed E-state index contributed by atoms with van der Waals surface area (Å²) in [5.74, 6) is 0. The summed E-state index contributed by atoms with van der Waals surface area (Å²) in [5, 5.41) is 9.22. The minimum atomic E-state index is -3.56. The predicted molar refractivity (Wildman–Crippen MR) is 82.3 cm³/mol. The molecule has 1 aliphatic carbocycles. The van der Waals surface area contributed by atoms with E-state index in [9.17, 15) is 13.5 Å². The Morgan fingerprint density at radius 1 is 1.33 bits per heavy atom. The van der Waals surface area contributed by atoms with Gasteiger partial charge in [0.1, 0.15) is 0 Å². The van der Waals surface area contributed by atoms with E-state index in [0.29, 0.717) is 6.54 Å². The monoisotopic (exact) mass is 312 g/mol. The second kappa shape index (κ2) is 6.87. The maximum absolute atomic E-state index is 12.8. The molecule has 0 amide bonds. The lowest BCUT2D eigenvalue weighted by Gasteiger charge is -2.27. The van der Waals surface area contributed by atoms with Crippen LogP contribution in [0.4, 0.5) is 0 Å². The number of aliphatic hydroxyl groups is 1. The Bertz CT molecular complexity index is 581. The normalized spacial score (nSPS) is 16.8. The van der Waals surface area contributed by atoms with Crippen molar-refractivity contribution in [2.24, 2.45) is 5.73 Å². The number of benzene rings is 1. The van der Waals surface area contributed by atoms with E-state index < -0.39 is 10.0 Å². The van der Waals surface area contributed by atoms with Crippen molar-refractivity contribution >= 4 is 10.0 Å². The van der Waals surface area contributed by atoms with Crippen LogP contribution in [0.15, 0.2) is 23.1 Å². The first-order valence-electron chi connectivity index (χ1n) is 7.43. The lowest BCUT2D eigenvalue weighted by molar-refractivity contribution is 0.226. The molecular formula is C15H24N2O3S. The van der Waals surface area contributed by atoms with Gasteiger partial charge in [0.25, 0.3) is 0 Å². The first kappa shape index (κ1) is 16.4. The molecule has 0 radical (unpaired) electrons. The molecule has 0 atom stereocenters. The molecule has 0 saturated heterocycles. The molecule has 0 heterocycles. The van der Waals surface area contributed by atoms with Gasteiger partial charge in [-0.1, -0.05) is 18.9 Å². The van der Waals surface area contributed by atoms with Gasteiger partial charge in [-0.25, -0.2) is 8.42 Å². The molecule has 1 aromatic carbocycles. The van der Waals surface area contributed by atoms with E-state index in [1.54, 1.807) is 18.2 Å². The molecule has 1 fully saturated rings. The van der Waals surface area contributed by atoms with Gasteiger partial charge in [-0.15, -0.1) is 0 Å². The van der Waals surface area contributed by atoms with Crippen LogP contribution in [-0.2, 0) is 16.6 Å². The lowest BCUT2D eigenvalue weighted by Crippen LogP contribution is -2.40. The van der Waals surface area contributed by atoms with Crippen LogP contribution in [0.5, 0.6) is 0 Å². The van der Waals surface area contributed by atoms with Gasteiger partial charge in [0, 0.05) is 19.1 Å². The van der Waals surface area contributed by atoms with Crippen LogP contribution >= 0.6 is 0 Å². The van der Waals surface area contributed by atoms with Crippen molar-refractivity contribution in [2.75, 3.05) is 13.2 Å². The van der Waals surface area contributed by atoms with E-state index in [4.69, 9.17) is 5.73 Å². The van der Waals surface area contributed by atoms with E-state index in [1.165, 1.54) is 4.31 Å². The fourth-order valence-electron chi connectivity index (χ4n) is 2.98. The predicted octanol–water partition coefficient (Wildman–Crippen LogP) is 1.38. The van der Waals surface area contributed by atoms with Gasteiger partial charge in [-0.05, 0) is 43.0 Å². The van der Waals surface area contributed by atoms with E-state index in [0.717, 1.165) is 36.8 Å². The highest BCUT2D eigenvalue weighted by atomic mass is 32.2. The largest absolute Gasteiger partial charge is 0.395 e. The highest BCUT2D eigenvalue weighted by molar-refractivity contribution is 7.89. The van der Waals surface area contributed by atoms with Crippen molar-refractivity contribution in [3.05, 3.63) is 29.3 Å². The molecule has 21 heavy (non-hydrogen) atoms. The van der Waals surface area contributed by atoms with Crippen LogP contribution in [0.25, 0.3) is 0 Å². The van der Waals surface area contributed by atoms with Gasteiger partial charge in [-0.3, -0.25) is 0 Å². The molecule has 0 spiro atoms. The maximum atomic E-state index is 12.8. The van der Waals surface area contributed by atoms with Gasteiger partial charge in [0.05, 0.1) is 11.5 Å². The minimum Gasteiger partial charge on any atom is -0.395 e. The number of nitrogens with two attached hydrogens (primary N) is 1. The van der Waals surface area contributed by atoms with Crippen LogP contribution < -0.4 is 5.73 Å². The Labute approximate surface area is 126 Å². The molecule has 2 rings (SSSR count). The summed E-state index contributed by atoms with van der Waals surface area (Å²) in [6, 6.07) is 5.07. The standard InChI is InChI=1S/C15H24N2O3S/c1-12-10-15(7-6-13(12)11-16)21(19,20)17(8-9-18)14-4-2-3-5-14/h6-7,10,14,18H,2-5,8-9,11,16H2,1H3. The summed E-state index contributed by atoms with van der Waals surface area (Å²) in [6.07, 6.45) is 3.85. The van der Waals surface area contributed by atoms with Crippen molar-refractivity contribution in [3.8, 4) is 0 Å². The van der Waals surface area contributed by atoms with Gasteiger partial charge in [-0.2, -0.15) is 4.31 Å². The number of aryl methyl sites for hydroxylation is 1. The SMILES string of the molecule is Cc1cc(S(=O)(=O)N(CCO)C2CCCC2)ccc1CN. The number of nitrogens with zero attached hydrogens (tertiary/aromatic N) is 1. The Kier molecular flexibility index (Phi) is 5.37. The molecule has 5 nitrogen and oxygen atoms in total. The average Bonchev–Trinajstić information content (AvgIpc) is 2.98. The molecule has 6 heteroatoms. The topological polar surface area (TPSA) is 83.6 Å². The summed E-state index contributed by atoms with van der Waals surface area (Å²) >= 11 is 0. The molecule has 1 aliphatic rings. The zero-order chi connectivity index (χ0) is 15.5. The van der Waals surface area contributed by atoms with Crippen LogP contribution in [0, 0.1) is 6.92 Å². The zero-order valence-electron chi connectivity index (χ0n) is 12.5. The molecule has 3 N–H and O–H groups in total. The molecule has 0 unspecified atom stereocenters. The fourth-order valence-corrected chi connectivity index (χ4v) is 4.74. The summed E-state index contributed by atoms with van der Waals surface area (Å²) in [5.41, 5.74) is 7.45. The van der Waals surface area contributed by atoms with E-state index >= 15 is 0 Å². The molecule has 1 aromatic rings. The van der Waals surface area contributed by atoms with E-state index in [2.05, 4.69) is 0 Å². The van der Waals surface area contributed by atoms with Crippen LogP contribution in [0.2, 0.25) is 0 Å². The van der Waals surface area contributed by atoms with Crippen molar-refractivity contribution in [1.82, 2.24) is 4.31 Å². The Morgan fingerprint density at radius 3 is 2.52 bits per heavy atom. The van der Waals surface area contributed by atoms with E-state index in [1.807, 2.05) is 6.92 Å². The van der Waals surface area contributed by atoms with Crippen molar-refractivity contribution < 1.29 is 13.5 Å². The Hall–Kier alpha value is -0.950. The van der Waals surface area contributed by atoms with Crippen molar-refractivity contribution in [1.29, 1.82) is 0 Å². The summed E-state index contributed by atoms with van der Waals surface area (Å²) < 4.78 is 27.2. The van der Waals surface area contributed by atoms with E-state index in [-0.39, 0.29) is 24.1 Å².